The van der Waals surface area contributed by atoms with Crippen LogP contribution in [0.2, 0.25) is 5.02 Å². The van der Waals surface area contributed by atoms with Crippen LogP contribution in [0.5, 0.6) is 0 Å². The lowest BCUT2D eigenvalue weighted by Gasteiger charge is -2.24. The van der Waals surface area contributed by atoms with Gasteiger partial charge in [0.25, 0.3) is 0 Å². The molecule has 2 aromatic rings. The monoisotopic (exact) mass is 357 g/mol. The Morgan fingerprint density at radius 2 is 1.78 bits per heavy atom. The molecule has 0 atom stereocenters. The fourth-order valence-corrected chi connectivity index (χ4v) is 4.72. The molecular weight excluding hydrogens is 334 g/mol. The van der Waals surface area contributed by atoms with E-state index in [4.69, 9.17) is 16.0 Å². The zero-order valence-corrected chi connectivity index (χ0v) is 16.1. The average Bonchev–Trinajstić information content (AvgIpc) is 2.81. The molecule has 0 saturated carbocycles. The molecule has 0 bridgehead atoms. The van der Waals surface area contributed by atoms with Crippen molar-refractivity contribution < 1.29 is 12.8 Å². The van der Waals surface area contributed by atoms with Crippen LogP contribution in [0.15, 0.2) is 21.4 Å². The fraction of sp³-hybridized carbons (Fsp3) is 0.588. The van der Waals surface area contributed by atoms with Crippen molar-refractivity contribution in [3.05, 3.63) is 23.0 Å². The third-order valence-corrected chi connectivity index (χ3v) is 6.98. The van der Waals surface area contributed by atoms with E-state index in [0.717, 1.165) is 6.42 Å². The zero-order chi connectivity index (χ0) is 17.6. The molecule has 0 aliphatic rings. The lowest BCUT2D eigenvalue weighted by Crippen LogP contribution is -2.32. The zero-order valence-electron chi connectivity index (χ0n) is 14.5. The van der Waals surface area contributed by atoms with Crippen molar-refractivity contribution in [2.75, 3.05) is 0 Å². The van der Waals surface area contributed by atoms with Gasteiger partial charge < -0.3 is 4.42 Å². The molecule has 0 aliphatic carbocycles. The number of halogens is 1. The summed E-state index contributed by atoms with van der Waals surface area (Å²) in [7, 11) is -3.66. The summed E-state index contributed by atoms with van der Waals surface area (Å²) in [4.78, 5) is 4.49. The van der Waals surface area contributed by atoms with Crippen molar-refractivity contribution in [1.82, 2.24) is 4.98 Å². The minimum atomic E-state index is -3.66. The van der Waals surface area contributed by atoms with Crippen LogP contribution in [0.1, 0.15) is 60.3 Å². The Bertz CT molecular complexity index is 829. The minimum absolute atomic E-state index is 0.0538. The maximum atomic E-state index is 13.2. The van der Waals surface area contributed by atoms with Crippen LogP contribution >= 0.6 is 11.6 Å². The summed E-state index contributed by atoms with van der Waals surface area (Å²) in [5.74, 6) is 0.500. The molecular formula is C17H24ClNO3S. The molecule has 1 heterocycles. The summed E-state index contributed by atoms with van der Waals surface area (Å²) >= 11 is 6.25. The maximum absolute atomic E-state index is 13.2. The van der Waals surface area contributed by atoms with E-state index in [2.05, 4.69) is 4.98 Å². The summed E-state index contributed by atoms with van der Waals surface area (Å²) < 4.78 is 31.2. The fourth-order valence-electron chi connectivity index (χ4n) is 2.53. The first-order chi connectivity index (χ1) is 10.4. The molecule has 0 unspecified atom stereocenters. The van der Waals surface area contributed by atoms with Gasteiger partial charge in [-0.05, 0) is 32.4 Å². The summed E-state index contributed by atoms with van der Waals surface area (Å²) in [6.07, 6.45) is 1.31. The number of fused-ring (bicyclic) bond motifs is 1. The van der Waals surface area contributed by atoms with Crippen molar-refractivity contribution in [3.63, 3.8) is 0 Å². The second-order valence-corrected chi connectivity index (χ2v) is 10.4. The van der Waals surface area contributed by atoms with Gasteiger partial charge in [-0.3, -0.25) is 0 Å². The SMILES string of the molecule is CCCC(C)(C)S(=O)(=O)c1c(Cl)ccc2nc(C(C)(C)C)oc12. The molecule has 6 heteroatoms. The average molecular weight is 358 g/mol. The van der Waals surface area contributed by atoms with Gasteiger partial charge in [-0.2, -0.15) is 0 Å². The van der Waals surface area contributed by atoms with E-state index < -0.39 is 14.6 Å². The lowest BCUT2D eigenvalue weighted by atomic mass is 9.97. The summed E-state index contributed by atoms with van der Waals surface area (Å²) in [5, 5.41) is 0.179. The molecule has 128 valence electrons. The third-order valence-electron chi connectivity index (χ3n) is 3.95. The number of aromatic nitrogens is 1. The summed E-state index contributed by atoms with van der Waals surface area (Å²) in [5.41, 5.74) is 0.461. The Balaban J connectivity index is 2.79. The largest absolute Gasteiger partial charge is 0.439 e. The number of sulfone groups is 1. The highest BCUT2D eigenvalue weighted by molar-refractivity contribution is 7.93. The normalized spacial score (nSPS) is 13.7. The molecule has 0 aliphatic heterocycles. The van der Waals surface area contributed by atoms with Crippen molar-refractivity contribution in [1.29, 1.82) is 0 Å². The molecule has 4 nitrogen and oxygen atoms in total. The van der Waals surface area contributed by atoms with Crippen molar-refractivity contribution in [3.8, 4) is 0 Å². The summed E-state index contributed by atoms with van der Waals surface area (Å²) in [6.45, 7) is 11.3. The standard InChI is InChI=1S/C17H24ClNO3S/c1-7-10-17(5,6)23(20,21)14-11(18)8-9-12-13(14)22-15(19-12)16(2,3)4/h8-9H,7,10H2,1-6H3. The minimum Gasteiger partial charge on any atom is -0.439 e. The van der Waals surface area contributed by atoms with Crippen molar-refractivity contribution >= 4 is 32.5 Å². The number of hydrogen-bond donors (Lipinski definition) is 0. The number of benzene rings is 1. The molecule has 0 saturated heterocycles. The Kier molecular flexibility index (Phi) is 4.59. The lowest BCUT2D eigenvalue weighted by molar-refractivity contribution is 0.408. The Morgan fingerprint density at radius 1 is 1.17 bits per heavy atom. The van der Waals surface area contributed by atoms with E-state index in [1.165, 1.54) is 0 Å². The van der Waals surface area contributed by atoms with Gasteiger partial charge in [-0.15, -0.1) is 0 Å². The van der Waals surface area contributed by atoms with Gasteiger partial charge in [-0.1, -0.05) is 45.7 Å². The molecule has 0 spiro atoms. The predicted octanol–water partition coefficient (Wildman–Crippen LogP) is 5.13. The van der Waals surface area contributed by atoms with Crippen LogP contribution < -0.4 is 0 Å². The first-order valence-corrected chi connectivity index (χ1v) is 9.62. The van der Waals surface area contributed by atoms with Crippen LogP contribution in [-0.2, 0) is 15.3 Å². The van der Waals surface area contributed by atoms with Crippen LogP contribution in [0.3, 0.4) is 0 Å². The first-order valence-electron chi connectivity index (χ1n) is 7.76. The Hall–Kier alpha value is -1.07. The molecule has 0 fully saturated rings. The van der Waals surface area contributed by atoms with Crippen molar-refractivity contribution in [2.24, 2.45) is 0 Å². The van der Waals surface area contributed by atoms with Gasteiger partial charge >= 0.3 is 0 Å². The van der Waals surface area contributed by atoms with E-state index in [-0.39, 0.29) is 20.9 Å². The van der Waals surface area contributed by atoms with Gasteiger partial charge in [0.15, 0.2) is 15.4 Å². The van der Waals surface area contributed by atoms with Gasteiger partial charge in [0.05, 0.1) is 9.77 Å². The van der Waals surface area contributed by atoms with Gasteiger partial charge in [-0.25, -0.2) is 13.4 Å². The third kappa shape index (κ3) is 3.13. The highest BCUT2D eigenvalue weighted by Gasteiger charge is 2.39. The van der Waals surface area contributed by atoms with E-state index in [1.807, 2.05) is 27.7 Å². The second kappa shape index (κ2) is 5.78. The Labute approximate surface area is 143 Å². The molecule has 0 N–H and O–H groups in total. The van der Waals surface area contributed by atoms with Gasteiger partial charge in [0, 0.05) is 5.41 Å². The quantitative estimate of drug-likeness (QED) is 0.760. The first kappa shape index (κ1) is 18.3. The number of hydrogen-bond acceptors (Lipinski definition) is 4. The number of nitrogens with zero attached hydrogens (tertiary/aromatic N) is 1. The maximum Gasteiger partial charge on any atom is 0.200 e. The highest BCUT2D eigenvalue weighted by Crippen LogP contribution is 2.39. The molecule has 0 radical (unpaired) electrons. The summed E-state index contributed by atoms with van der Waals surface area (Å²) in [6, 6.07) is 3.27. The smallest absolute Gasteiger partial charge is 0.200 e. The van der Waals surface area contributed by atoms with E-state index in [1.54, 1.807) is 26.0 Å². The van der Waals surface area contributed by atoms with Crippen LogP contribution in [0, 0.1) is 0 Å². The number of rotatable bonds is 4. The molecule has 23 heavy (non-hydrogen) atoms. The van der Waals surface area contributed by atoms with Crippen molar-refractivity contribution in [2.45, 2.75) is 69.4 Å². The highest BCUT2D eigenvalue weighted by atomic mass is 35.5. The predicted molar refractivity (Wildman–Crippen MR) is 93.9 cm³/mol. The topological polar surface area (TPSA) is 60.2 Å². The number of oxazole rings is 1. The molecule has 1 aromatic heterocycles. The van der Waals surface area contributed by atoms with Gasteiger partial charge in [0.2, 0.25) is 5.89 Å². The second-order valence-electron chi connectivity index (χ2n) is 7.51. The molecule has 2 rings (SSSR count). The molecule has 0 amide bonds. The van der Waals surface area contributed by atoms with Crippen LogP contribution in [0.4, 0.5) is 0 Å². The Morgan fingerprint density at radius 3 is 2.30 bits per heavy atom. The van der Waals surface area contributed by atoms with E-state index in [0.29, 0.717) is 17.8 Å². The van der Waals surface area contributed by atoms with E-state index >= 15 is 0 Å². The van der Waals surface area contributed by atoms with Crippen LogP contribution in [-0.4, -0.2) is 18.1 Å². The molecule has 1 aromatic carbocycles. The van der Waals surface area contributed by atoms with Crippen LogP contribution in [0.25, 0.3) is 11.1 Å². The van der Waals surface area contributed by atoms with E-state index in [9.17, 15) is 8.42 Å². The van der Waals surface area contributed by atoms with Gasteiger partial charge in [0.1, 0.15) is 10.4 Å².